The number of anilines is 3. The second kappa shape index (κ2) is 16.8. The van der Waals surface area contributed by atoms with E-state index < -0.39 is 133 Å². The van der Waals surface area contributed by atoms with Crippen molar-refractivity contribution in [1.29, 1.82) is 0 Å². The van der Waals surface area contributed by atoms with Crippen LogP contribution in [-0.2, 0) is 18.5 Å². The van der Waals surface area contributed by atoms with Crippen molar-refractivity contribution in [3.05, 3.63) is 125 Å². The highest BCUT2D eigenvalue weighted by molar-refractivity contribution is 6.35. The number of rotatable bonds is 9. The van der Waals surface area contributed by atoms with Crippen molar-refractivity contribution in [3.63, 3.8) is 0 Å². The zero-order valence-corrected chi connectivity index (χ0v) is 29.6. The molecule has 314 valence electrons. The number of aromatic nitrogens is 2. The van der Waals surface area contributed by atoms with E-state index in [2.05, 4.69) is 9.97 Å². The van der Waals surface area contributed by atoms with Crippen molar-refractivity contribution in [2.24, 2.45) is 0 Å². The van der Waals surface area contributed by atoms with Crippen molar-refractivity contribution >= 4 is 75.1 Å². The first-order chi connectivity index (χ1) is 26.3. The summed E-state index contributed by atoms with van der Waals surface area (Å²) in [6, 6.07) is -2.02. The summed E-state index contributed by atoms with van der Waals surface area (Å²) >= 11 is 22.2. The molecule has 4 rings (SSSR count). The lowest BCUT2D eigenvalue weighted by Crippen LogP contribution is -2.53. The fraction of sp³-hybridized carbons (Fsp3) is 0.231. The van der Waals surface area contributed by atoms with Gasteiger partial charge in [-0.05, 0) is 12.1 Å². The van der Waals surface area contributed by atoms with Gasteiger partial charge in [0, 0.05) is 30.1 Å². The Morgan fingerprint density at radius 1 is 0.724 bits per heavy atom. The van der Waals surface area contributed by atoms with Gasteiger partial charge in [0.25, 0.3) is 12.1 Å². The largest absolute Gasteiger partial charge is 0.418 e. The summed E-state index contributed by atoms with van der Waals surface area (Å²) in [5.74, 6) is -5.56. The maximum Gasteiger partial charge on any atom is 0.418 e. The molecule has 2 heterocycles. The first kappa shape index (κ1) is 46.9. The van der Waals surface area contributed by atoms with Gasteiger partial charge in [-0.2, -0.15) is 43.9 Å². The molecule has 0 saturated heterocycles. The normalized spacial score (nSPS) is 17.3. The third-order valence-electron chi connectivity index (χ3n) is 6.99. The molecule has 0 amide bonds. The molecule has 0 spiro atoms. The summed E-state index contributed by atoms with van der Waals surface area (Å²) in [6.45, 7) is 0. The maximum absolute atomic E-state index is 15.0. The summed E-state index contributed by atoms with van der Waals surface area (Å²) in [4.78, 5) is 45.4. The number of hydrogen-bond donors (Lipinski definition) is 2. The van der Waals surface area contributed by atoms with E-state index in [-0.39, 0.29) is 24.5 Å². The number of hydrogen-bond acceptors (Lipinski definition) is 12. The van der Waals surface area contributed by atoms with Gasteiger partial charge in [0.2, 0.25) is 6.04 Å². The number of nitrogens with zero attached hydrogens (tertiary/aromatic N) is 6. The van der Waals surface area contributed by atoms with Crippen LogP contribution in [-0.4, -0.2) is 47.9 Å². The predicted octanol–water partition coefficient (Wildman–Crippen LogP) is 10.4. The molecule has 1 aliphatic carbocycles. The second-order valence-corrected chi connectivity index (χ2v) is 12.2. The van der Waals surface area contributed by atoms with E-state index in [1.165, 1.54) is 0 Å². The molecule has 3 aromatic rings. The highest BCUT2D eigenvalue weighted by Crippen LogP contribution is 2.49. The summed E-state index contributed by atoms with van der Waals surface area (Å²) in [6.07, 6.45) is -18.3. The Morgan fingerprint density at radius 3 is 1.57 bits per heavy atom. The van der Waals surface area contributed by atoms with E-state index in [1.54, 1.807) is 0 Å². The summed E-state index contributed by atoms with van der Waals surface area (Å²) in [5.41, 5.74) is -11.6. The number of allylic oxidation sites excluding steroid dienone is 2. The average molecular weight is 932 g/mol. The van der Waals surface area contributed by atoms with Gasteiger partial charge in [-0.3, -0.25) is 40.5 Å². The zero-order chi connectivity index (χ0) is 44.6. The van der Waals surface area contributed by atoms with Crippen LogP contribution in [0.5, 0.6) is 0 Å². The number of nitro benzene ring substituents is 2. The smallest absolute Gasteiger partial charge is 0.347 e. The Labute approximate surface area is 329 Å². The number of nitro groups is 4. The molecule has 1 aliphatic rings. The predicted molar refractivity (Wildman–Crippen MR) is 174 cm³/mol. The van der Waals surface area contributed by atoms with Gasteiger partial charge in [0.15, 0.2) is 5.69 Å². The van der Waals surface area contributed by atoms with Crippen LogP contribution in [0.1, 0.15) is 16.7 Å². The Balaban J connectivity index is 0.000000310. The van der Waals surface area contributed by atoms with Gasteiger partial charge >= 0.3 is 35.7 Å². The number of pyridine rings is 2. The van der Waals surface area contributed by atoms with Gasteiger partial charge in [-0.15, -0.1) is 0 Å². The molecule has 2 aromatic heterocycles. The summed E-state index contributed by atoms with van der Waals surface area (Å²) in [7, 11) is 0. The van der Waals surface area contributed by atoms with Crippen LogP contribution >= 0.6 is 46.4 Å². The van der Waals surface area contributed by atoms with Crippen molar-refractivity contribution in [3.8, 4) is 0 Å². The lowest BCUT2D eigenvalue weighted by molar-refractivity contribution is -0.596. The molecule has 2 N–H and O–H groups in total. The standard InChI is InChI=1S/C13H6Cl2F6N4O4.C13H4Cl2F6N4O4/c14-6-1-4(13(19,20)21)3-22-11(6)23-9-8(24(26)27)7(15)5(10(16)17)2-12(9,18)25(28)29;14-6-1-4(12(16,17)18)3-22-11(6)23-9-7(24(26)27)2-5(13(19,20)21)8(15)10(9)25(28)29/h1-3,9-10H,(H,22,23);1-3H,(H,22,23)/t9?,12-;/m0./s1. The third-order valence-corrected chi connectivity index (χ3v) is 8.36. The highest BCUT2D eigenvalue weighted by atomic mass is 35.5. The molecule has 0 fully saturated rings. The number of halogens is 16. The van der Waals surface area contributed by atoms with E-state index in [1.807, 2.05) is 10.6 Å². The molecule has 2 atom stereocenters. The average Bonchev–Trinajstić information content (AvgIpc) is 3.06. The highest BCUT2D eigenvalue weighted by Gasteiger charge is 2.61. The lowest BCUT2D eigenvalue weighted by Gasteiger charge is -2.28. The minimum Gasteiger partial charge on any atom is -0.347 e. The van der Waals surface area contributed by atoms with Crippen LogP contribution in [0.15, 0.2) is 53.0 Å². The van der Waals surface area contributed by atoms with Crippen molar-refractivity contribution in [2.75, 3.05) is 10.6 Å². The SMILES string of the molecule is O=[N+]([O-])C1=C(Cl)C(C(F)F)=C[C@](F)([N+](=O)[O-])C1Nc1ncc(C(F)(F)F)cc1Cl.O=[N+]([O-])c1cc(C(F)(F)F)c(Cl)c([N+](=O)[O-])c1Nc1ncc(C(F)(F)F)cc1Cl. The fourth-order valence-corrected chi connectivity index (χ4v) is 5.49. The molecule has 1 aromatic carbocycles. The Kier molecular flexibility index (Phi) is 13.6. The molecule has 0 saturated carbocycles. The zero-order valence-electron chi connectivity index (χ0n) is 26.6. The monoisotopic (exact) mass is 930 g/mol. The van der Waals surface area contributed by atoms with Crippen LogP contribution in [0.4, 0.5) is 81.4 Å². The quantitative estimate of drug-likeness (QED) is 0.0885. The molecule has 1 unspecified atom stereocenters. The van der Waals surface area contributed by atoms with Crippen LogP contribution in [0.25, 0.3) is 0 Å². The topological polar surface area (TPSA) is 222 Å². The van der Waals surface area contributed by atoms with Crippen LogP contribution in [0.2, 0.25) is 15.1 Å². The molecule has 0 aliphatic heterocycles. The lowest BCUT2D eigenvalue weighted by atomic mass is 9.92. The second-order valence-electron chi connectivity index (χ2n) is 10.6. The van der Waals surface area contributed by atoms with Crippen molar-refractivity contribution in [1.82, 2.24) is 9.97 Å². The molecular formula is C26H10Cl4F12N8O8. The van der Waals surface area contributed by atoms with E-state index >= 15 is 4.39 Å². The number of alkyl halides is 12. The van der Waals surface area contributed by atoms with E-state index in [4.69, 9.17) is 46.4 Å². The Morgan fingerprint density at radius 2 is 1.21 bits per heavy atom. The third kappa shape index (κ3) is 9.96. The van der Waals surface area contributed by atoms with E-state index in [0.717, 1.165) is 0 Å². The van der Waals surface area contributed by atoms with Crippen molar-refractivity contribution in [2.45, 2.75) is 36.8 Å². The minimum absolute atomic E-state index is 0.0599. The fourth-order valence-electron chi connectivity index (χ4n) is 4.42. The van der Waals surface area contributed by atoms with Gasteiger partial charge in [0.05, 0.1) is 46.4 Å². The van der Waals surface area contributed by atoms with Gasteiger partial charge in [-0.1, -0.05) is 46.4 Å². The van der Waals surface area contributed by atoms with Crippen LogP contribution < -0.4 is 10.6 Å². The van der Waals surface area contributed by atoms with E-state index in [0.29, 0.717) is 12.1 Å². The molecule has 32 heteroatoms. The summed E-state index contributed by atoms with van der Waals surface area (Å²) < 4.78 is 156. The number of nitrogens with one attached hydrogen (secondary N) is 2. The van der Waals surface area contributed by atoms with Crippen molar-refractivity contribution < 1.29 is 72.4 Å². The molecular weight excluding hydrogens is 922 g/mol. The molecule has 0 radical (unpaired) electrons. The Hall–Kier alpha value is -5.48. The number of benzene rings is 1. The summed E-state index contributed by atoms with van der Waals surface area (Å²) in [5, 5.41) is 44.3. The first-order valence-corrected chi connectivity index (χ1v) is 15.5. The first-order valence-electron chi connectivity index (χ1n) is 13.9. The minimum atomic E-state index is -5.27. The van der Waals surface area contributed by atoms with Crippen LogP contribution in [0.3, 0.4) is 0 Å². The van der Waals surface area contributed by atoms with Gasteiger partial charge in [0.1, 0.15) is 21.7 Å². The molecule has 16 nitrogen and oxygen atoms in total. The van der Waals surface area contributed by atoms with E-state index in [9.17, 15) is 88.8 Å². The van der Waals surface area contributed by atoms with Gasteiger partial charge in [-0.25, -0.2) is 18.7 Å². The molecule has 0 bridgehead atoms. The van der Waals surface area contributed by atoms with Gasteiger partial charge < -0.3 is 10.6 Å². The maximum atomic E-state index is 15.0. The molecule has 58 heavy (non-hydrogen) atoms. The Bertz CT molecular complexity index is 2260. The van der Waals surface area contributed by atoms with Crippen LogP contribution in [0, 0.1) is 40.5 Å².